The smallest absolute Gasteiger partial charge is 0.744 e. The van der Waals surface area contributed by atoms with Crippen LogP contribution in [0.5, 0.6) is 0 Å². The Morgan fingerprint density at radius 1 is 0.472 bits per heavy atom. The molecule has 0 N–H and O–H groups in total. The summed E-state index contributed by atoms with van der Waals surface area (Å²) in [4.78, 5) is 8.06. The standard InChI is InChI=1S/C46H80O3S.CH2O.Na/c1-3-5-7-9-11-13-15-17-19-21-23-25-27-29-31-33-37-42-41-43-38-35-36-40-45(43)46(50(47,48)49)44(42)39-34-32-30-28-26-24-22-20-18-16-14-12-10-8-6-4-2;1-2;/h35-36,38,40-41H,3-34,37,39H2,1-2H3,(H,47,48,49);1H2;/q;;+1/p-1. The van der Waals surface area contributed by atoms with Gasteiger partial charge < -0.3 is 9.35 Å². The largest absolute Gasteiger partial charge is 1.00 e. The molecule has 0 amide bonds. The van der Waals surface area contributed by atoms with E-state index in [1.165, 1.54) is 186 Å². The maximum absolute atomic E-state index is 12.7. The number of aryl methyl sites for hydroxylation is 1. The van der Waals surface area contributed by atoms with Gasteiger partial charge >= 0.3 is 29.6 Å². The molecule has 300 valence electrons. The number of unbranched alkanes of at least 4 members (excludes halogenated alkanes) is 30. The quantitative estimate of drug-likeness (QED) is 0.0398. The molecule has 2 aromatic rings. The normalized spacial score (nSPS) is 11.4. The van der Waals surface area contributed by atoms with Crippen LogP contribution in [-0.4, -0.2) is 19.8 Å². The molecule has 2 rings (SSSR count). The minimum Gasteiger partial charge on any atom is -0.744 e. The summed E-state index contributed by atoms with van der Waals surface area (Å²) in [5.74, 6) is 0. The predicted octanol–water partition coefficient (Wildman–Crippen LogP) is 12.2. The minimum absolute atomic E-state index is 0. The molecule has 0 saturated carbocycles. The van der Waals surface area contributed by atoms with Crippen LogP contribution in [0.1, 0.15) is 230 Å². The number of hydrogen-bond donors (Lipinski definition) is 0. The molecular formula is C47H81NaO4S. The van der Waals surface area contributed by atoms with Crippen LogP contribution < -0.4 is 29.6 Å². The van der Waals surface area contributed by atoms with Crippen LogP contribution in [0.2, 0.25) is 0 Å². The van der Waals surface area contributed by atoms with E-state index in [0.29, 0.717) is 11.8 Å². The number of fused-ring (bicyclic) bond motifs is 1. The zero-order chi connectivity index (χ0) is 38.0. The molecule has 0 aliphatic heterocycles. The molecule has 0 atom stereocenters. The van der Waals surface area contributed by atoms with Gasteiger partial charge in [0.15, 0.2) is 0 Å². The maximum Gasteiger partial charge on any atom is 1.00 e. The van der Waals surface area contributed by atoms with Crippen molar-refractivity contribution in [2.75, 3.05) is 0 Å². The molecule has 53 heavy (non-hydrogen) atoms. The Bertz CT molecular complexity index is 1210. The van der Waals surface area contributed by atoms with Crippen LogP contribution in [0.15, 0.2) is 35.2 Å². The van der Waals surface area contributed by atoms with Crippen molar-refractivity contribution in [3.63, 3.8) is 0 Å². The van der Waals surface area contributed by atoms with Crippen molar-refractivity contribution in [2.45, 2.75) is 237 Å². The van der Waals surface area contributed by atoms with Gasteiger partial charge in [-0.05, 0) is 47.6 Å². The summed E-state index contributed by atoms with van der Waals surface area (Å²) in [6, 6.07) is 9.74. The summed E-state index contributed by atoms with van der Waals surface area (Å²) < 4.78 is 38.0. The number of carbonyl (C=O) groups excluding carboxylic acids is 1. The van der Waals surface area contributed by atoms with E-state index >= 15 is 0 Å². The molecule has 0 aromatic heterocycles. The van der Waals surface area contributed by atoms with Gasteiger partial charge in [0.25, 0.3) is 0 Å². The van der Waals surface area contributed by atoms with Crippen molar-refractivity contribution < 1.29 is 47.3 Å². The fourth-order valence-corrected chi connectivity index (χ4v) is 8.90. The second kappa shape index (κ2) is 36.9. The summed E-state index contributed by atoms with van der Waals surface area (Å²) in [6.45, 7) is 6.57. The zero-order valence-electron chi connectivity index (χ0n) is 35.2. The molecular weight excluding hydrogens is 684 g/mol. The number of rotatable bonds is 35. The SMILES string of the molecule is C=O.CCCCCCCCCCCCCCCCCCc1cc2ccccc2c(S(=O)(=O)[O-])c1CCCCCCCCCCCCCCCCCC.[Na+]. The number of hydrogen-bond acceptors (Lipinski definition) is 4. The molecule has 0 spiro atoms. The van der Waals surface area contributed by atoms with Crippen molar-refractivity contribution in [1.29, 1.82) is 0 Å². The molecule has 0 aliphatic rings. The molecule has 2 aromatic carbocycles. The molecule has 0 bridgehead atoms. The van der Waals surface area contributed by atoms with Crippen molar-refractivity contribution in [1.82, 2.24) is 0 Å². The molecule has 4 nitrogen and oxygen atoms in total. The summed E-state index contributed by atoms with van der Waals surface area (Å²) in [5, 5.41) is 1.48. The fourth-order valence-electron chi connectivity index (χ4n) is 7.91. The third kappa shape index (κ3) is 26.7. The van der Waals surface area contributed by atoms with Crippen LogP contribution in [-0.2, 0) is 27.8 Å². The van der Waals surface area contributed by atoms with Crippen LogP contribution in [0, 0.1) is 0 Å². The Kier molecular flexibility index (Phi) is 36.4. The second-order valence-electron chi connectivity index (χ2n) is 15.6. The van der Waals surface area contributed by atoms with Gasteiger partial charge in [-0.15, -0.1) is 0 Å². The van der Waals surface area contributed by atoms with E-state index in [0.717, 1.165) is 42.2 Å². The topological polar surface area (TPSA) is 74.3 Å². The molecule has 0 saturated heterocycles. The van der Waals surface area contributed by atoms with Gasteiger partial charge in [-0.2, -0.15) is 0 Å². The molecule has 0 radical (unpaired) electrons. The number of carbonyl (C=O) groups is 1. The summed E-state index contributed by atoms with van der Waals surface area (Å²) in [7, 11) is -4.57. The van der Waals surface area contributed by atoms with Gasteiger partial charge in [-0.1, -0.05) is 237 Å². The Hall–Kier alpha value is -0.720. The van der Waals surface area contributed by atoms with Crippen LogP contribution in [0.3, 0.4) is 0 Å². The first-order valence-corrected chi connectivity index (χ1v) is 23.7. The predicted molar refractivity (Wildman–Crippen MR) is 226 cm³/mol. The van der Waals surface area contributed by atoms with Crippen molar-refractivity contribution in [3.05, 3.63) is 41.5 Å². The molecule has 0 unspecified atom stereocenters. The zero-order valence-corrected chi connectivity index (χ0v) is 38.0. The monoisotopic (exact) mass is 765 g/mol. The van der Waals surface area contributed by atoms with Crippen LogP contribution in [0.25, 0.3) is 10.8 Å². The molecule has 0 aliphatic carbocycles. The van der Waals surface area contributed by atoms with E-state index < -0.39 is 10.1 Å². The average Bonchev–Trinajstić information content (AvgIpc) is 3.14. The third-order valence-electron chi connectivity index (χ3n) is 11.0. The summed E-state index contributed by atoms with van der Waals surface area (Å²) in [5.41, 5.74) is 1.90. The Labute approximate surface area is 351 Å². The van der Waals surface area contributed by atoms with E-state index in [1.807, 2.05) is 31.1 Å². The van der Waals surface area contributed by atoms with Crippen molar-refractivity contribution in [2.24, 2.45) is 0 Å². The first kappa shape index (κ1) is 52.3. The summed E-state index contributed by atoms with van der Waals surface area (Å²) in [6.07, 6.45) is 44.1. The fraction of sp³-hybridized carbons (Fsp3) is 0.766. The first-order valence-electron chi connectivity index (χ1n) is 22.3. The van der Waals surface area contributed by atoms with Crippen LogP contribution in [0.4, 0.5) is 0 Å². The van der Waals surface area contributed by atoms with Crippen molar-refractivity contribution in [3.8, 4) is 0 Å². The van der Waals surface area contributed by atoms with Gasteiger partial charge in [0.1, 0.15) is 16.9 Å². The maximum atomic E-state index is 12.7. The average molecular weight is 765 g/mol. The summed E-state index contributed by atoms with van der Waals surface area (Å²) >= 11 is 0. The first-order chi connectivity index (χ1) is 25.5. The third-order valence-corrected chi connectivity index (χ3v) is 12.0. The van der Waals surface area contributed by atoms with Gasteiger partial charge in [0.05, 0.1) is 4.90 Å². The number of benzene rings is 2. The van der Waals surface area contributed by atoms with E-state index in [4.69, 9.17) is 4.79 Å². The van der Waals surface area contributed by atoms with Gasteiger partial charge in [-0.3, -0.25) is 0 Å². The van der Waals surface area contributed by atoms with E-state index in [1.54, 1.807) is 0 Å². The Morgan fingerprint density at radius 3 is 1.11 bits per heavy atom. The van der Waals surface area contributed by atoms with Gasteiger partial charge in [-0.25, -0.2) is 8.42 Å². The van der Waals surface area contributed by atoms with Crippen molar-refractivity contribution >= 4 is 27.7 Å². The van der Waals surface area contributed by atoms with E-state index in [9.17, 15) is 13.0 Å². The van der Waals surface area contributed by atoms with E-state index in [2.05, 4.69) is 19.9 Å². The Morgan fingerprint density at radius 2 is 0.774 bits per heavy atom. The Balaban J connectivity index is 0.00000885. The molecule has 0 fully saturated rings. The minimum atomic E-state index is -4.57. The van der Waals surface area contributed by atoms with Crippen LogP contribution >= 0.6 is 0 Å². The molecule has 6 heteroatoms. The van der Waals surface area contributed by atoms with Gasteiger partial charge in [0.2, 0.25) is 0 Å². The van der Waals surface area contributed by atoms with Gasteiger partial charge in [0, 0.05) is 0 Å². The van der Waals surface area contributed by atoms with E-state index in [-0.39, 0.29) is 34.5 Å². The molecule has 0 heterocycles. The second-order valence-corrected chi connectivity index (χ2v) is 16.9.